The molecule has 7 nitrogen and oxygen atoms in total. The summed E-state index contributed by atoms with van der Waals surface area (Å²) in [6, 6.07) is 70.4. The third-order valence-electron chi connectivity index (χ3n) is 11.4. The smallest absolute Gasteiger partial charge is 0.330 e. The van der Waals surface area contributed by atoms with E-state index < -0.39 is 40.9 Å². The predicted octanol–water partition coefficient (Wildman–Crippen LogP) is 10.3. The largest absolute Gasteiger partial charge is 0.358 e. The minimum absolute atomic E-state index is 0.126. The van der Waals surface area contributed by atoms with E-state index in [4.69, 9.17) is 14.2 Å². The Morgan fingerprint density at radius 3 is 1.28 bits per heavy atom. The first kappa shape index (κ1) is 40.2. The summed E-state index contributed by atoms with van der Waals surface area (Å²) < 4.78 is 23.3. The molecule has 0 saturated carbocycles. The number of nitrogens with one attached hydrogen (secondary N) is 1. The van der Waals surface area contributed by atoms with Crippen LogP contribution in [0, 0.1) is 0 Å². The highest BCUT2D eigenvalue weighted by Gasteiger charge is 2.52. The van der Waals surface area contributed by atoms with Crippen LogP contribution in [0.15, 0.2) is 228 Å². The topological polar surface area (TPSA) is 82.6 Å². The Balaban J connectivity index is 1.21. The van der Waals surface area contributed by atoms with Crippen LogP contribution >= 0.6 is 22.6 Å². The van der Waals surface area contributed by atoms with Crippen molar-refractivity contribution in [1.29, 1.82) is 0 Å². The van der Waals surface area contributed by atoms with Crippen LogP contribution < -0.4 is 11.2 Å². The van der Waals surface area contributed by atoms with Gasteiger partial charge in [-0.2, -0.15) is 0 Å². The Hall–Kier alpha value is -6.17. The molecule has 61 heavy (non-hydrogen) atoms. The summed E-state index contributed by atoms with van der Waals surface area (Å²) in [6.45, 7) is 0.126. The number of hydrogen-bond donors (Lipinski definition) is 1. The molecule has 0 unspecified atom stereocenters. The maximum atomic E-state index is 14.2. The number of nitrogens with zero attached hydrogens (tertiary/aromatic N) is 1. The molecule has 0 spiro atoms. The van der Waals surface area contributed by atoms with Gasteiger partial charge in [-0.1, -0.05) is 235 Å². The van der Waals surface area contributed by atoms with E-state index in [9.17, 15) is 9.59 Å². The molecule has 302 valence electrons. The van der Waals surface area contributed by atoms with Crippen LogP contribution in [0.2, 0.25) is 0 Å². The third kappa shape index (κ3) is 7.72. The van der Waals surface area contributed by atoms with Crippen molar-refractivity contribution < 1.29 is 14.2 Å². The summed E-state index contributed by atoms with van der Waals surface area (Å²) in [5, 5.41) is 0. The van der Waals surface area contributed by atoms with E-state index in [0.717, 1.165) is 33.4 Å². The molecule has 1 N–H and O–H groups in total. The predicted molar refractivity (Wildman–Crippen MR) is 248 cm³/mol. The molecule has 9 rings (SSSR count). The fourth-order valence-electron chi connectivity index (χ4n) is 8.58. The highest BCUT2D eigenvalue weighted by Crippen LogP contribution is 2.48. The molecule has 0 amide bonds. The van der Waals surface area contributed by atoms with Crippen molar-refractivity contribution in [3.8, 4) is 11.1 Å². The maximum absolute atomic E-state index is 14.2. The van der Waals surface area contributed by atoms with Crippen molar-refractivity contribution in [2.24, 2.45) is 0 Å². The van der Waals surface area contributed by atoms with Crippen molar-refractivity contribution in [1.82, 2.24) is 9.55 Å². The number of aromatic amines is 1. The third-order valence-corrected chi connectivity index (χ3v) is 13.0. The average Bonchev–Trinajstić information content (AvgIpc) is 3.63. The van der Waals surface area contributed by atoms with E-state index in [-0.39, 0.29) is 10.5 Å². The molecule has 8 aromatic rings. The van der Waals surface area contributed by atoms with Crippen LogP contribution in [0.25, 0.3) is 11.1 Å². The zero-order valence-corrected chi connectivity index (χ0v) is 35.3. The summed E-state index contributed by atoms with van der Waals surface area (Å²) in [6.07, 6.45) is -0.745. The molecule has 2 heterocycles. The van der Waals surface area contributed by atoms with Gasteiger partial charge in [-0.3, -0.25) is 14.3 Å². The highest BCUT2D eigenvalue weighted by atomic mass is 127. The minimum Gasteiger partial charge on any atom is -0.358 e. The van der Waals surface area contributed by atoms with Gasteiger partial charge in [-0.15, -0.1) is 0 Å². The van der Waals surface area contributed by atoms with Gasteiger partial charge in [0.2, 0.25) is 0 Å². The van der Waals surface area contributed by atoms with E-state index in [1.165, 1.54) is 4.57 Å². The number of halogens is 1. The van der Waals surface area contributed by atoms with Crippen LogP contribution in [-0.2, 0) is 25.4 Å². The lowest BCUT2D eigenvalue weighted by molar-refractivity contribution is -0.119. The highest BCUT2D eigenvalue weighted by molar-refractivity contribution is 14.1. The van der Waals surface area contributed by atoms with Crippen LogP contribution in [0.1, 0.15) is 39.6 Å². The van der Waals surface area contributed by atoms with Gasteiger partial charge >= 0.3 is 5.69 Å². The van der Waals surface area contributed by atoms with Crippen molar-refractivity contribution in [3.05, 3.63) is 273 Å². The summed E-state index contributed by atoms with van der Waals surface area (Å²) >= 11 is 2.41. The number of benzene rings is 7. The zero-order valence-electron chi connectivity index (χ0n) is 33.2. The Kier molecular flexibility index (Phi) is 11.8. The van der Waals surface area contributed by atoms with E-state index >= 15 is 0 Å². The zero-order chi connectivity index (χ0) is 41.7. The van der Waals surface area contributed by atoms with Crippen LogP contribution in [-0.4, -0.2) is 32.3 Å². The number of hydrogen-bond acceptors (Lipinski definition) is 5. The average molecular weight is 915 g/mol. The molecule has 4 atom stereocenters. The Labute approximate surface area is 368 Å². The minimum atomic E-state index is -1.15. The molecule has 1 aromatic heterocycles. The SMILES string of the molecule is O=c1[nH]c(=O)n([C@@H]2O[C@H](COC(c3ccccc3)(c3ccccc3)c3ccccc3)[C@@H](I)[C@H]2OC(c2ccccc2)(c2ccccc2)c2ccccc2)cc1-c1ccccc1. The molecule has 1 saturated heterocycles. The van der Waals surface area contributed by atoms with Crippen LogP contribution in [0.5, 0.6) is 0 Å². The molecule has 1 aliphatic rings. The Bertz CT molecular complexity index is 2580. The Morgan fingerprint density at radius 1 is 0.525 bits per heavy atom. The molecule has 1 aliphatic heterocycles. The Morgan fingerprint density at radius 2 is 0.885 bits per heavy atom. The van der Waals surface area contributed by atoms with Crippen molar-refractivity contribution in [2.75, 3.05) is 6.61 Å². The van der Waals surface area contributed by atoms with Gasteiger partial charge < -0.3 is 14.2 Å². The van der Waals surface area contributed by atoms with Gasteiger partial charge in [0.1, 0.15) is 17.3 Å². The fraction of sp³-hybridized carbons (Fsp3) is 0.132. The van der Waals surface area contributed by atoms with Gasteiger partial charge in [-0.05, 0) is 38.9 Å². The van der Waals surface area contributed by atoms with Gasteiger partial charge in [0.25, 0.3) is 5.56 Å². The van der Waals surface area contributed by atoms with Gasteiger partial charge in [0, 0.05) is 6.20 Å². The molecular weight excluding hydrogens is 871 g/mol. The lowest BCUT2D eigenvalue weighted by Crippen LogP contribution is -2.44. The van der Waals surface area contributed by atoms with E-state index in [1.807, 2.05) is 140 Å². The van der Waals surface area contributed by atoms with Crippen LogP contribution in [0.4, 0.5) is 0 Å². The molecule has 0 aliphatic carbocycles. The lowest BCUT2D eigenvalue weighted by atomic mass is 9.79. The molecular formula is C53H43IN2O5. The summed E-state index contributed by atoms with van der Waals surface area (Å²) in [5.41, 5.74) is 3.35. The van der Waals surface area contributed by atoms with Gasteiger partial charge in [-0.25, -0.2) is 4.79 Å². The first-order valence-electron chi connectivity index (χ1n) is 20.3. The number of H-pyrrole nitrogens is 1. The van der Waals surface area contributed by atoms with Crippen molar-refractivity contribution in [2.45, 2.75) is 33.6 Å². The quantitative estimate of drug-likeness (QED) is 0.0708. The molecule has 8 heteroatoms. The van der Waals surface area contributed by atoms with Crippen molar-refractivity contribution in [3.63, 3.8) is 0 Å². The first-order valence-corrected chi connectivity index (χ1v) is 21.6. The number of alkyl halides is 1. The molecule has 1 fully saturated rings. The summed E-state index contributed by atoms with van der Waals surface area (Å²) in [7, 11) is 0. The standard InChI is InChI=1S/C53H43IN2O5/c54-47-46(37-59-52(39-24-10-2-11-25-39,40-26-12-3-13-27-40)41-28-14-4-15-29-41)60-50(56-36-45(49(57)55-51(56)58)38-22-8-1-9-23-38)48(47)61-53(42-30-16-5-17-31-42,43-32-18-6-19-33-43)44-34-20-7-21-35-44/h1-36,46-48,50H,37H2,(H,55,57,58)/t46-,47-,48-,50-/m1/s1. The second-order valence-electron chi connectivity index (χ2n) is 15.0. The molecule has 7 aromatic carbocycles. The fourth-order valence-corrected chi connectivity index (χ4v) is 9.46. The van der Waals surface area contributed by atoms with Gasteiger partial charge in [0.05, 0.1) is 22.2 Å². The van der Waals surface area contributed by atoms with Crippen molar-refractivity contribution >= 4 is 22.6 Å². The van der Waals surface area contributed by atoms with E-state index in [2.05, 4.69) is 100 Å². The van der Waals surface area contributed by atoms with E-state index in [1.54, 1.807) is 6.20 Å². The second-order valence-corrected chi connectivity index (χ2v) is 16.5. The summed E-state index contributed by atoms with van der Waals surface area (Å²) in [5.74, 6) is 0. The maximum Gasteiger partial charge on any atom is 0.330 e. The number of ether oxygens (including phenoxy) is 3. The molecule has 0 bridgehead atoms. The van der Waals surface area contributed by atoms with Gasteiger partial charge in [0.15, 0.2) is 6.23 Å². The number of rotatable bonds is 13. The lowest BCUT2D eigenvalue weighted by Gasteiger charge is -2.40. The summed E-state index contributed by atoms with van der Waals surface area (Å²) in [4.78, 5) is 30.2. The van der Waals surface area contributed by atoms with Crippen LogP contribution in [0.3, 0.4) is 0 Å². The monoisotopic (exact) mass is 914 g/mol. The molecule has 0 radical (unpaired) electrons. The second kappa shape index (κ2) is 17.8. The normalized spacial score (nSPS) is 17.9. The number of aromatic nitrogens is 2. The first-order chi connectivity index (χ1) is 30.0. The van der Waals surface area contributed by atoms with E-state index in [0.29, 0.717) is 11.1 Å².